The van der Waals surface area contributed by atoms with Crippen molar-refractivity contribution >= 4 is 27.5 Å². The molecule has 1 atom stereocenters. The Bertz CT molecular complexity index is 654. The summed E-state index contributed by atoms with van der Waals surface area (Å²) in [6, 6.07) is 2.74. The summed E-state index contributed by atoms with van der Waals surface area (Å²) in [6.45, 7) is 3.45. The second-order valence-corrected chi connectivity index (χ2v) is 7.00. The number of aryl methyl sites for hydroxylation is 1. The molecule has 0 aliphatic carbocycles. The summed E-state index contributed by atoms with van der Waals surface area (Å²) in [5.41, 5.74) is 0.706. The minimum Gasteiger partial charge on any atom is -0.381 e. The highest BCUT2D eigenvalue weighted by Crippen LogP contribution is 2.26. The van der Waals surface area contributed by atoms with Crippen molar-refractivity contribution in [2.75, 3.05) is 19.8 Å². The van der Waals surface area contributed by atoms with Gasteiger partial charge in [-0.2, -0.15) is 0 Å². The Labute approximate surface area is 128 Å². The number of carbonyl (C=O) groups is 1. The second-order valence-electron chi connectivity index (χ2n) is 5.09. The maximum Gasteiger partial charge on any atom is 0.251 e. The third-order valence-electron chi connectivity index (χ3n) is 3.37. The third-order valence-corrected chi connectivity index (χ3v) is 4.91. The molecule has 1 aromatic rings. The van der Waals surface area contributed by atoms with E-state index >= 15 is 0 Å². The highest BCUT2D eigenvalue weighted by atomic mass is 35.5. The molecule has 1 amide bonds. The number of primary sulfonamides is 1. The number of nitrogens with one attached hydrogen (secondary N) is 1. The van der Waals surface area contributed by atoms with Crippen molar-refractivity contribution in [3.8, 4) is 0 Å². The number of amides is 1. The standard InChI is InChI=1S/C13H17ClN2O4S/c1-8-4-10(5-11(12(8)14)21(15,18)19)13(17)16-6-9-2-3-20-7-9/h4-5,9H,2-3,6-7H2,1H3,(H,16,17)(H2,15,18,19). The second kappa shape index (κ2) is 6.31. The summed E-state index contributed by atoms with van der Waals surface area (Å²) < 4.78 is 28.2. The van der Waals surface area contributed by atoms with Gasteiger partial charge in [0.1, 0.15) is 4.90 Å². The average molecular weight is 333 g/mol. The molecule has 1 heterocycles. The van der Waals surface area contributed by atoms with Crippen LogP contribution in [0.3, 0.4) is 0 Å². The molecule has 1 aromatic carbocycles. The van der Waals surface area contributed by atoms with Gasteiger partial charge in [0.05, 0.1) is 11.6 Å². The molecule has 1 fully saturated rings. The van der Waals surface area contributed by atoms with Crippen LogP contribution in [0.25, 0.3) is 0 Å². The summed E-state index contributed by atoms with van der Waals surface area (Å²) in [5, 5.41) is 7.92. The summed E-state index contributed by atoms with van der Waals surface area (Å²) in [5.74, 6) is -0.0633. The first kappa shape index (κ1) is 16.2. The molecule has 1 unspecified atom stereocenters. The maximum atomic E-state index is 12.1. The lowest BCUT2D eigenvalue weighted by molar-refractivity contribution is 0.0944. The number of nitrogens with two attached hydrogens (primary N) is 1. The minimum atomic E-state index is -3.97. The molecule has 1 saturated heterocycles. The Morgan fingerprint density at radius 2 is 2.24 bits per heavy atom. The molecule has 116 valence electrons. The van der Waals surface area contributed by atoms with Crippen molar-refractivity contribution in [2.24, 2.45) is 11.1 Å². The van der Waals surface area contributed by atoms with Crippen LogP contribution in [0, 0.1) is 12.8 Å². The number of hydrogen-bond donors (Lipinski definition) is 2. The molecule has 0 bridgehead atoms. The van der Waals surface area contributed by atoms with Crippen LogP contribution in [0.5, 0.6) is 0 Å². The molecule has 2 rings (SSSR count). The van der Waals surface area contributed by atoms with E-state index in [0.717, 1.165) is 6.42 Å². The number of rotatable bonds is 4. The van der Waals surface area contributed by atoms with Gasteiger partial charge in [0, 0.05) is 24.6 Å². The lowest BCUT2D eigenvalue weighted by Crippen LogP contribution is -2.29. The van der Waals surface area contributed by atoms with Gasteiger partial charge in [-0.25, -0.2) is 13.6 Å². The predicted molar refractivity (Wildman–Crippen MR) is 78.8 cm³/mol. The van der Waals surface area contributed by atoms with Crippen LogP contribution in [0.2, 0.25) is 5.02 Å². The molecule has 6 nitrogen and oxygen atoms in total. The lowest BCUT2D eigenvalue weighted by Gasteiger charge is -2.12. The fourth-order valence-corrected chi connectivity index (χ4v) is 3.29. The molecule has 0 radical (unpaired) electrons. The number of hydrogen-bond acceptors (Lipinski definition) is 4. The predicted octanol–water partition coefficient (Wildman–Crippen LogP) is 1.06. The quantitative estimate of drug-likeness (QED) is 0.861. The van der Waals surface area contributed by atoms with Crippen molar-refractivity contribution < 1.29 is 17.9 Å². The SMILES string of the molecule is Cc1cc(C(=O)NCC2CCOC2)cc(S(N)(=O)=O)c1Cl. The molecule has 0 aromatic heterocycles. The van der Waals surface area contributed by atoms with Crippen molar-refractivity contribution in [3.05, 3.63) is 28.3 Å². The Morgan fingerprint density at radius 3 is 2.81 bits per heavy atom. The van der Waals surface area contributed by atoms with E-state index in [4.69, 9.17) is 21.5 Å². The summed E-state index contributed by atoms with van der Waals surface area (Å²) in [7, 11) is -3.97. The molecule has 21 heavy (non-hydrogen) atoms. The Morgan fingerprint density at radius 1 is 1.52 bits per heavy atom. The van der Waals surface area contributed by atoms with Gasteiger partial charge in [-0.05, 0) is 31.0 Å². The zero-order chi connectivity index (χ0) is 15.6. The molecule has 1 aliphatic heterocycles. The van der Waals surface area contributed by atoms with Crippen LogP contribution >= 0.6 is 11.6 Å². The number of carbonyl (C=O) groups excluding carboxylic acids is 1. The van der Waals surface area contributed by atoms with Crippen molar-refractivity contribution in [2.45, 2.75) is 18.2 Å². The highest BCUT2D eigenvalue weighted by Gasteiger charge is 2.20. The van der Waals surface area contributed by atoms with Crippen molar-refractivity contribution in [3.63, 3.8) is 0 Å². The van der Waals surface area contributed by atoms with E-state index in [9.17, 15) is 13.2 Å². The number of sulfonamides is 1. The number of ether oxygens (including phenoxy) is 1. The summed E-state index contributed by atoms with van der Waals surface area (Å²) >= 11 is 5.93. The first-order chi connectivity index (χ1) is 9.79. The largest absolute Gasteiger partial charge is 0.381 e. The Balaban J connectivity index is 2.19. The van der Waals surface area contributed by atoms with E-state index in [2.05, 4.69) is 5.32 Å². The molecule has 0 spiro atoms. The maximum absolute atomic E-state index is 12.1. The van der Waals surface area contributed by atoms with Crippen LogP contribution in [-0.2, 0) is 14.8 Å². The van der Waals surface area contributed by atoms with Crippen LogP contribution in [0.4, 0.5) is 0 Å². The van der Waals surface area contributed by atoms with Crippen molar-refractivity contribution in [1.29, 1.82) is 0 Å². The van der Waals surface area contributed by atoms with Gasteiger partial charge < -0.3 is 10.1 Å². The van der Waals surface area contributed by atoms with Crippen LogP contribution in [0.1, 0.15) is 22.3 Å². The summed E-state index contributed by atoms with van der Waals surface area (Å²) in [6.07, 6.45) is 0.905. The smallest absolute Gasteiger partial charge is 0.251 e. The molecule has 1 aliphatic rings. The van der Waals surface area contributed by atoms with Crippen molar-refractivity contribution in [1.82, 2.24) is 5.32 Å². The van der Waals surface area contributed by atoms with Gasteiger partial charge in [-0.1, -0.05) is 11.6 Å². The van der Waals surface area contributed by atoms with Gasteiger partial charge in [0.2, 0.25) is 10.0 Å². The van der Waals surface area contributed by atoms with Gasteiger partial charge in [0.25, 0.3) is 5.91 Å². The van der Waals surface area contributed by atoms with Crippen LogP contribution in [0.15, 0.2) is 17.0 Å². The van der Waals surface area contributed by atoms with Gasteiger partial charge >= 0.3 is 0 Å². The molecule has 0 saturated carbocycles. The molecular weight excluding hydrogens is 316 g/mol. The average Bonchev–Trinajstić information content (AvgIpc) is 2.90. The van der Waals surface area contributed by atoms with Gasteiger partial charge in [-0.3, -0.25) is 4.79 Å². The van der Waals surface area contributed by atoms with E-state index in [1.54, 1.807) is 6.92 Å². The van der Waals surface area contributed by atoms with E-state index < -0.39 is 10.0 Å². The van der Waals surface area contributed by atoms with E-state index in [1.165, 1.54) is 12.1 Å². The molecule has 8 heteroatoms. The monoisotopic (exact) mass is 332 g/mol. The van der Waals surface area contributed by atoms with E-state index in [0.29, 0.717) is 31.2 Å². The summed E-state index contributed by atoms with van der Waals surface area (Å²) in [4.78, 5) is 11.9. The minimum absolute atomic E-state index is 0.0400. The topological polar surface area (TPSA) is 98.5 Å². The van der Waals surface area contributed by atoms with E-state index in [1.807, 2.05) is 0 Å². The fourth-order valence-electron chi connectivity index (χ4n) is 2.16. The third kappa shape index (κ3) is 3.94. The highest BCUT2D eigenvalue weighted by molar-refractivity contribution is 7.89. The zero-order valence-corrected chi connectivity index (χ0v) is 13.1. The Kier molecular flexibility index (Phi) is 4.88. The number of halogens is 1. The first-order valence-electron chi connectivity index (χ1n) is 6.48. The zero-order valence-electron chi connectivity index (χ0n) is 11.6. The molecule has 3 N–H and O–H groups in total. The van der Waals surface area contributed by atoms with Crippen LogP contribution in [-0.4, -0.2) is 34.1 Å². The Hall–Kier alpha value is -1.15. The van der Waals surface area contributed by atoms with E-state index in [-0.39, 0.29) is 21.4 Å². The first-order valence-corrected chi connectivity index (χ1v) is 8.40. The molecular formula is C13H17ClN2O4S. The lowest BCUT2D eigenvalue weighted by atomic mass is 10.1. The normalized spacial score (nSPS) is 18.7. The number of benzene rings is 1. The van der Waals surface area contributed by atoms with Gasteiger partial charge in [-0.15, -0.1) is 0 Å². The van der Waals surface area contributed by atoms with Crippen LogP contribution < -0.4 is 10.5 Å². The van der Waals surface area contributed by atoms with Gasteiger partial charge in [0.15, 0.2) is 0 Å². The fraction of sp³-hybridized carbons (Fsp3) is 0.462.